The van der Waals surface area contributed by atoms with Crippen molar-refractivity contribution < 1.29 is 9.21 Å². The highest BCUT2D eigenvalue weighted by Crippen LogP contribution is 2.17. The highest BCUT2D eigenvalue weighted by atomic mass is 16.3. The van der Waals surface area contributed by atoms with Gasteiger partial charge in [0.15, 0.2) is 5.76 Å². The molecule has 0 aliphatic heterocycles. The summed E-state index contributed by atoms with van der Waals surface area (Å²) in [6.45, 7) is 0.249. The molecule has 1 heterocycles. The SMILES string of the molecule is NCC(=O)NCC#Cc1cc2ccccc2o1. The molecule has 3 N–H and O–H groups in total. The van der Waals surface area contributed by atoms with Gasteiger partial charge in [0.1, 0.15) is 5.58 Å². The molecule has 86 valence electrons. The van der Waals surface area contributed by atoms with Crippen molar-refractivity contribution in [2.24, 2.45) is 5.73 Å². The van der Waals surface area contributed by atoms with Crippen molar-refractivity contribution in [2.45, 2.75) is 0 Å². The highest BCUT2D eigenvalue weighted by Gasteiger charge is 1.98. The number of nitrogens with one attached hydrogen (secondary N) is 1. The normalized spacial score (nSPS) is 9.71. The molecule has 4 heteroatoms. The van der Waals surface area contributed by atoms with Crippen LogP contribution in [0, 0.1) is 11.8 Å². The molecule has 0 saturated carbocycles. The Balaban J connectivity index is 2.03. The molecule has 0 saturated heterocycles. The molecule has 4 nitrogen and oxygen atoms in total. The van der Waals surface area contributed by atoms with Crippen LogP contribution in [-0.2, 0) is 4.79 Å². The molecule has 17 heavy (non-hydrogen) atoms. The third-order valence-electron chi connectivity index (χ3n) is 2.20. The van der Waals surface area contributed by atoms with Crippen LogP contribution < -0.4 is 11.1 Å². The van der Waals surface area contributed by atoms with Crippen molar-refractivity contribution in [2.75, 3.05) is 13.1 Å². The molecule has 2 rings (SSSR count). The lowest BCUT2D eigenvalue weighted by atomic mass is 10.2. The summed E-state index contributed by atoms with van der Waals surface area (Å²) >= 11 is 0. The van der Waals surface area contributed by atoms with E-state index in [4.69, 9.17) is 10.2 Å². The van der Waals surface area contributed by atoms with Crippen LogP contribution in [-0.4, -0.2) is 19.0 Å². The Morgan fingerprint density at radius 1 is 1.41 bits per heavy atom. The van der Waals surface area contributed by atoms with Crippen LogP contribution in [0.1, 0.15) is 5.76 Å². The lowest BCUT2D eigenvalue weighted by Crippen LogP contribution is -2.30. The van der Waals surface area contributed by atoms with Crippen molar-refractivity contribution >= 4 is 16.9 Å². The fraction of sp³-hybridized carbons (Fsp3) is 0.154. The van der Waals surface area contributed by atoms with E-state index in [1.54, 1.807) is 0 Å². The van der Waals surface area contributed by atoms with Gasteiger partial charge >= 0.3 is 0 Å². The van der Waals surface area contributed by atoms with E-state index < -0.39 is 0 Å². The summed E-state index contributed by atoms with van der Waals surface area (Å²) in [5, 5.41) is 3.57. The number of hydrogen-bond acceptors (Lipinski definition) is 3. The smallest absolute Gasteiger partial charge is 0.234 e. The Kier molecular flexibility index (Phi) is 3.43. The van der Waals surface area contributed by atoms with Crippen LogP contribution in [0.25, 0.3) is 11.0 Å². The molecule has 0 radical (unpaired) electrons. The molecule has 0 atom stereocenters. The molecule has 1 aromatic carbocycles. The number of benzene rings is 1. The predicted molar refractivity (Wildman–Crippen MR) is 65.2 cm³/mol. The lowest BCUT2D eigenvalue weighted by molar-refractivity contribution is -0.119. The third kappa shape index (κ3) is 2.86. The predicted octanol–water partition coefficient (Wildman–Crippen LogP) is 0.859. The summed E-state index contributed by atoms with van der Waals surface area (Å²) < 4.78 is 5.49. The summed E-state index contributed by atoms with van der Waals surface area (Å²) in [5.41, 5.74) is 5.95. The van der Waals surface area contributed by atoms with Gasteiger partial charge in [0.2, 0.25) is 5.91 Å². The molecular formula is C13H12N2O2. The van der Waals surface area contributed by atoms with E-state index in [1.807, 2.05) is 30.3 Å². The molecule has 0 spiro atoms. The zero-order chi connectivity index (χ0) is 12.1. The molecule has 0 unspecified atom stereocenters. The Bertz CT molecular complexity index is 557. The second-order valence-corrected chi connectivity index (χ2v) is 3.43. The molecule has 0 bridgehead atoms. The summed E-state index contributed by atoms with van der Waals surface area (Å²) in [6, 6.07) is 9.56. The number of carbonyl (C=O) groups is 1. The van der Waals surface area contributed by atoms with Gasteiger partial charge in [-0.15, -0.1) is 0 Å². The number of para-hydroxylation sites is 1. The van der Waals surface area contributed by atoms with Crippen molar-refractivity contribution in [1.29, 1.82) is 0 Å². The second-order valence-electron chi connectivity index (χ2n) is 3.43. The van der Waals surface area contributed by atoms with Crippen molar-refractivity contribution in [3.05, 3.63) is 36.1 Å². The van der Waals surface area contributed by atoms with E-state index in [-0.39, 0.29) is 19.0 Å². The highest BCUT2D eigenvalue weighted by molar-refractivity contribution is 5.79. The molecule has 0 aliphatic carbocycles. The first-order valence-corrected chi connectivity index (χ1v) is 5.24. The summed E-state index contributed by atoms with van der Waals surface area (Å²) in [7, 11) is 0. The molecule has 1 amide bonds. The Morgan fingerprint density at radius 3 is 3.00 bits per heavy atom. The Labute approximate surface area is 98.8 Å². The zero-order valence-corrected chi connectivity index (χ0v) is 9.19. The number of carbonyl (C=O) groups excluding carboxylic acids is 1. The van der Waals surface area contributed by atoms with Gasteiger partial charge in [0, 0.05) is 11.5 Å². The zero-order valence-electron chi connectivity index (χ0n) is 9.19. The van der Waals surface area contributed by atoms with E-state index in [0.29, 0.717) is 5.76 Å². The van der Waals surface area contributed by atoms with Gasteiger partial charge in [-0.1, -0.05) is 24.1 Å². The minimum Gasteiger partial charge on any atom is -0.448 e. The minimum atomic E-state index is -0.219. The van der Waals surface area contributed by atoms with Gasteiger partial charge in [-0.2, -0.15) is 0 Å². The van der Waals surface area contributed by atoms with Crippen LogP contribution in [0.5, 0.6) is 0 Å². The average molecular weight is 228 g/mol. The van der Waals surface area contributed by atoms with E-state index in [1.165, 1.54) is 0 Å². The fourth-order valence-electron chi connectivity index (χ4n) is 1.39. The summed E-state index contributed by atoms with van der Waals surface area (Å²) in [6.07, 6.45) is 0. The molecule has 0 fully saturated rings. The summed E-state index contributed by atoms with van der Waals surface area (Å²) in [5.74, 6) is 6.01. The van der Waals surface area contributed by atoms with E-state index in [0.717, 1.165) is 11.0 Å². The number of nitrogens with two attached hydrogens (primary N) is 1. The summed E-state index contributed by atoms with van der Waals surface area (Å²) in [4.78, 5) is 10.8. The minimum absolute atomic E-state index is 0.0215. The van der Waals surface area contributed by atoms with E-state index >= 15 is 0 Å². The molecule has 0 aliphatic rings. The van der Waals surface area contributed by atoms with E-state index in [9.17, 15) is 4.79 Å². The first-order valence-electron chi connectivity index (χ1n) is 5.24. The number of amides is 1. The topological polar surface area (TPSA) is 68.3 Å². The van der Waals surface area contributed by atoms with Crippen molar-refractivity contribution in [1.82, 2.24) is 5.32 Å². The average Bonchev–Trinajstić information content (AvgIpc) is 2.76. The van der Waals surface area contributed by atoms with Crippen LogP contribution >= 0.6 is 0 Å². The monoisotopic (exact) mass is 228 g/mol. The van der Waals surface area contributed by atoms with Gasteiger partial charge in [-0.05, 0) is 12.0 Å². The molecule has 1 aromatic heterocycles. The maximum atomic E-state index is 10.8. The number of rotatable bonds is 2. The number of hydrogen-bond donors (Lipinski definition) is 2. The van der Waals surface area contributed by atoms with Gasteiger partial charge in [-0.25, -0.2) is 0 Å². The number of fused-ring (bicyclic) bond motifs is 1. The quantitative estimate of drug-likeness (QED) is 0.749. The van der Waals surface area contributed by atoms with Crippen molar-refractivity contribution in [3.63, 3.8) is 0 Å². The maximum absolute atomic E-state index is 10.8. The molecule has 2 aromatic rings. The first kappa shape index (κ1) is 11.2. The largest absolute Gasteiger partial charge is 0.448 e. The van der Waals surface area contributed by atoms with Gasteiger partial charge in [-0.3, -0.25) is 4.79 Å². The second kappa shape index (κ2) is 5.19. The fourth-order valence-corrected chi connectivity index (χ4v) is 1.39. The number of furan rings is 1. The Morgan fingerprint density at radius 2 is 2.24 bits per heavy atom. The Hall–Kier alpha value is -2.25. The standard InChI is InChI=1S/C13H12N2O2/c14-9-13(16)15-7-3-5-11-8-10-4-1-2-6-12(10)17-11/h1-2,4,6,8H,7,9,14H2,(H,15,16). The van der Waals surface area contributed by atoms with Crippen LogP contribution in [0.3, 0.4) is 0 Å². The van der Waals surface area contributed by atoms with Gasteiger partial charge < -0.3 is 15.5 Å². The third-order valence-corrected chi connectivity index (χ3v) is 2.20. The lowest BCUT2D eigenvalue weighted by Gasteiger charge is -1.94. The van der Waals surface area contributed by atoms with Gasteiger partial charge in [0.05, 0.1) is 13.1 Å². The van der Waals surface area contributed by atoms with Crippen LogP contribution in [0.15, 0.2) is 34.7 Å². The van der Waals surface area contributed by atoms with Crippen LogP contribution in [0.4, 0.5) is 0 Å². The van der Waals surface area contributed by atoms with E-state index in [2.05, 4.69) is 17.2 Å². The van der Waals surface area contributed by atoms with Crippen LogP contribution in [0.2, 0.25) is 0 Å². The first-order chi connectivity index (χ1) is 8.29. The van der Waals surface area contributed by atoms with Crippen molar-refractivity contribution in [3.8, 4) is 11.8 Å². The maximum Gasteiger partial charge on any atom is 0.234 e. The van der Waals surface area contributed by atoms with Gasteiger partial charge in [0.25, 0.3) is 0 Å². The molecular weight excluding hydrogens is 216 g/mol.